The predicted octanol–water partition coefficient (Wildman–Crippen LogP) is 3.02. The van der Waals surface area contributed by atoms with Gasteiger partial charge in [0.1, 0.15) is 11.6 Å². The molecule has 1 saturated heterocycles. The van der Waals surface area contributed by atoms with E-state index in [4.69, 9.17) is 9.47 Å². The van der Waals surface area contributed by atoms with E-state index in [-0.39, 0.29) is 11.9 Å². The Hall–Kier alpha value is -2.30. The van der Waals surface area contributed by atoms with Gasteiger partial charge in [-0.3, -0.25) is 4.79 Å². The summed E-state index contributed by atoms with van der Waals surface area (Å²) in [5.74, 6) is 1.50. The lowest BCUT2D eigenvalue weighted by molar-refractivity contribution is -0.148. The Morgan fingerprint density at radius 1 is 1.39 bits per heavy atom. The lowest BCUT2D eigenvalue weighted by atomic mass is 9.97. The third kappa shape index (κ3) is 3.09. The second kappa shape index (κ2) is 6.86. The molecule has 3 rings (SSSR count). The number of anilines is 1. The van der Waals surface area contributed by atoms with Crippen molar-refractivity contribution in [1.82, 2.24) is 4.98 Å². The van der Waals surface area contributed by atoms with Crippen molar-refractivity contribution in [3.05, 3.63) is 30.5 Å². The summed E-state index contributed by atoms with van der Waals surface area (Å²) in [5.41, 5.74) is 0. The van der Waals surface area contributed by atoms with Gasteiger partial charge in [-0.25, -0.2) is 4.98 Å². The number of esters is 1. The number of benzene rings is 1. The summed E-state index contributed by atoms with van der Waals surface area (Å²) in [4.78, 5) is 18.8. The van der Waals surface area contributed by atoms with Crippen LogP contribution in [0.1, 0.15) is 19.8 Å². The second-order valence-electron chi connectivity index (χ2n) is 5.73. The fourth-order valence-electron chi connectivity index (χ4n) is 3.21. The Kier molecular flexibility index (Phi) is 4.65. The van der Waals surface area contributed by atoms with Crippen LogP contribution in [0.2, 0.25) is 0 Å². The van der Waals surface area contributed by atoms with Crippen LogP contribution < -0.4 is 9.64 Å². The molecule has 2 aromatic rings. The minimum Gasteiger partial charge on any atom is -0.496 e. The average molecular weight is 314 g/mol. The number of carbonyl (C=O) groups is 1. The summed E-state index contributed by atoms with van der Waals surface area (Å²) < 4.78 is 10.7. The summed E-state index contributed by atoms with van der Waals surface area (Å²) in [7, 11) is 1.67. The number of methoxy groups -OCH3 is 1. The van der Waals surface area contributed by atoms with Gasteiger partial charge in [0.2, 0.25) is 0 Å². The van der Waals surface area contributed by atoms with Gasteiger partial charge in [-0.15, -0.1) is 0 Å². The monoisotopic (exact) mass is 314 g/mol. The summed E-state index contributed by atoms with van der Waals surface area (Å²) in [5, 5.41) is 2.09. The number of ether oxygens (including phenoxy) is 2. The van der Waals surface area contributed by atoms with Crippen molar-refractivity contribution in [3.8, 4) is 5.75 Å². The van der Waals surface area contributed by atoms with Crippen LogP contribution in [0.5, 0.6) is 5.75 Å². The van der Waals surface area contributed by atoms with Crippen LogP contribution in [0.25, 0.3) is 10.8 Å². The smallest absolute Gasteiger partial charge is 0.310 e. The molecule has 23 heavy (non-hydrogen) atoms. The number of fused-ring (bicyclic) bond motifs is 1. The van der Waals surface area contributed by atoms with Crippen molar-refractivity contribution >= 4 is 22.6 Å². The SMILES string of the molecule is CCOC(=O)C1CCCN(c2nccc3cccc(OC)c23)C1. The van der Waals surface area contributed by atoms with Crippen molar-refractivity contribution in [2.24, 2.45) is 5.92 Å². The van der Waals surface area contributed by atoms with Crippen LogP contribution in [0, 0.1) is 5.92 Å². The highest BCUT2D eigenvalue weighted by Crippen LogP contribution is 2.34. The van der Waals surface area contributed by atoms with E-state index in [2.05, 4.69) is 16.0 Å². The summed E-state index contributed by atoms with van der Waals surface area (Å²) >= 11 is 0. The Morgan fingerprint density at radius 3 is 3.04 bits per heavy atom. The van der Waals surface area contributed by atoms with Crippen molar-refractivity contribution in [2.45, 2.75) is 19.8 Å². The number of carbonyl (C=O) groups excluding carboxylic acids is 1. The van der Waals surface area contributed by atoms with Gasteiger partial charge in [0.15, 0.2) is 0 Å². The number of rotatable bonds is 4. The maximum Gasteiger partial charge on any atom is 0.310 e. The largest absolute Gasteiger partial charge is 0.496 e. The Morgan fingerprint density at radius 2 is 2.26 bits per heavy atom. The molecule has 0 amide bonds. The standard InChI is InChI=1S/C18H22N2O3/c1-3-23-18(21)14-7-5-11-20(12-14)17-16-13(9-10-19-17)6-4-8-15(16)22-2/h4,6,8-10,14H,3,5,7,11-12H2,1-2H3. The maximum absolute atomic E-state index is 12.1. The zero-order valence-corrected chi connectivity index (χ0v) is 13.6. The van der Waals surface area contributed by atoms with Crippen LogP contribution in [0.4, 0.5) is 5.82 Å². The van der Waals surface area contributed by atoms with E-state index in [1.807, 2.05) is 31.3 Å². The fraction of sp³-hybridized carbons (Fsp3) is 0.444. The molecular weight excluding hydrogens is 292 g/mol. The summed E-state index contributed by atoms with van der Waals surface area (Å²) in [6, 6.07) is 7.95. The van der Waals surface area contributed by atoms with Gasteiger partial charge < -0.3 is 14.4 Å². The lowest BCUT2D eigenvalue weighted by Gasteiger charge is -2.33. The number of piperidine rings is 1. The number of nitrogens with zero attached hydrogens (tertiary/aromatic N) is 2. The highest BCUT2D eigenvalue weighted by Gasteiger charge is 2.28. The number of pyridine rings is 1. The van der Waals surface area contributed by atoms with Crippen molar-refractivity contribution in [1.29, 1.82) is 0 Å². The molecule has 1 aromatic heterocycles. The molecule has 1 aromatic carbocycles. The first-order valence-electron chi connectivity index (χ1n) is 8.08. The second-order valence-corrected chi connectivity index (χ2v) is 5.73. The van der Waals surface area contributed by atoms with Gasteiger partial charge in [-0.2, -0.15) is 0 Å². The van der Waals surface area contributed by atoms with E-state index < -0.39 is 0 Å². The highest BCUT2D eigenvalue weighted by atomic mass is 16.5. The molecule has 1 fully saturated rings. The number of hydrogen-bond acceptors (Lipinski definition) is 5. The quantitative estimate of drug-likeness (QED) is 0.812. The van der Waals surface area contributed by atoms with E-state index in [0.29, 0.717) is 13.2 Å². The molecule has 0 spiro atoms. The zero-order valence-electron chi connectivity index (χ0n) is 13.6. The van der Waals surface area contributed by atoms with Crippen LogP contribution in [-0.4, -0.2) is 37.8 Å². The molecule has 1 atom stereocenters. The molecule has 5 nitrogen and oxygen atoms in total. The van der Waals surface area contributed by atoms with E-state index >= 15 is 0 Å². The third-order valence-electron chi connectivity index (χ3n) is 4.29. The minimum atomic E-state index is -0.107. The lowest BCUT2D eigenvalue weighted by Crippen LogP contribution is -2.40. The van der Waals surface area contributed by atoms with Crippen molar-refractivity contribution in [3.63, 3.8) is 0 Å². The van der Waals surface area contributed by atoms with Crippen molar-refractivity contribution < 1.29 is 14.3 Å². The predicted molar refractivity (Wildman–Crippen MR) is 89.9 cm³/mol. The van der Waals surface area contributed by atoms with Gasteiger partial charge in [0, 0.05) is 19.3 Å². The van der Waals surface area contributed by atoms with E-state index in [1.54, 1.807) is 7.11 Å². The third-order valence-corrected chi connectivity index (χ3v) is 4.29. The topological polar surface area (TPSA) is 51.7 Å². The highest BCUT2D eigenvalue weighted by molar-refractivity contribution is 5.97. The van der Waals surface area contributed by atoms with Gasteiger partial charge in [-0.05, 0) is 37.3 Å². The normalized spacial score (nSPS) is 18.0. The Labute approximate surface area is 136 Å². The van der Waals surface area contributed by atoms with E-state index in [1.165, 1.54) is 0 Å². The first-order chi connectivity index (χ1) is 11.2. The Balaban J connectivity index is 1.95. The van der Waals surface area contributed by atoms with Gasteiger partial charge in [0.25, 0.3) is 0 Å². The minimum absolute atomic E-state index is 0.0875. The van der Waals surface area contributed by atoms with Crippen LogP contribution in [-0.2, 0) is 9.53 Å². The molecule has 0 N–H and O–H groups in total. The van der Waals surface area contributed by atoms with Crippen LogP contribution in [0.15, 0.2) is 30.5 Å². The molecule has 2 heterocycles. The summed E-state index contributed by atoms with van der Waals surface area (Å²) in [6.45, 7) is 3.80. The fourth-order valence-corrected chi connectivity index (χ4v) is 3.21. The van der Waals surface area contributed by atoms with Crippen molar-refractivity contribution in [2.75, 3.05) is 31.7 Å². The molecule has 0 bridgehead atoms. The first-order valence-corrected chi connectivity index (χ1v) is 8.08. The van der Waals surface area contributed by atoms with Gasteiger partial charge in [-0.1, -0.05) is 12.1 Å². The molecule has 122 valence electrons. The summed E-state index contributed by atoms with van der Waals surface area (Å²) in [6.07, 6.45) is 3.64. The Bertz CT molecular complexity index is 696. The molecule has 0 aliphatic carbocycles. The van der Waals surface area contributed by atoms with Gasteiger partial charge >= 0.3 is 5.97 Å². The molecular formula is C18H22N2O3. The first kappa shape index (κ1) is 15.6. The maximum atomic E-state index is 12.1. The molecule has 1 aliphatic heterocycles. The molecule has 1 unspecified atom stereocenters. The molecule has 1 aliphatic rings. The molecule has 0 saturated carbocycles. The van der Waals surface area contributed by atoms with E-state index in [0.717, 1.165) is 41.7 Å². The zero-order chi connectivity index (χ0) is 16.2. The molecule has 0 radical (unpaired) electrons. The van der Waals surface area contributed by atoms with E-state index in [9.17, 15) is 4.79 Å². The van der Waals surface area contributed by atoms with Crippen LogP contribution in [0.3, 0.4) is 0 Å². The van der Waals surface area contributed by atoms with Gasteiger partial charge in [0.05, 0.1) is 25.0 Å². The number of aromatic nitrogens is 1. The number of hydrogen-bond donors (Lipinski definition) is 0. The average Bonchev–Trinajstić information content (AvgIpc) is 2.61. The molecule has 5 heteroatoms. The van der Waals surface area contributed by atoms with Crippen LogP contribution >= 0.6 is 0 Å².